The molecule has 0 saturated carbocycles. The summed E-state index contributed by atoms with van der Waals surface area (Å²) >= 11 is 5.96. The Balaban J connectivity index is 1.46. The van der Waals surface area contributed by atoms with Crippen LogP contribution in [0.3, 0.4) is 0 Å². The highest BCUT2D eigenvalue weighted by molar-refractivity contribution is 6.31. The Labute approximate surface area is 133 Å². The van der Waals surface area contributed by atoms with Gasteiger partial charge in [0.25, 0.3) is 0 Å². The molecular weight excluding hydrogens is 300 g/mol. The van der Waals surface area contributed by atoms with Crippen molar-refractivity contribution in [3.05, 3.63) is 29.4 Å². The van der Waals surface area contributed by atoms with Crippen LogP contribution >= 0.6 is 11.6 Å². The standard InChI is InChI=1S/C16H17ClN4O/c17-12-3-4-13-14(7-12)18-8-15(19-13)21-9-11(10-21)16(22)20-5-1-2-6-20/h3-4,7-8,11H,1-2,5-6,9-10H2. The number of likely N-dealkylation sites (tertiary alicyclic amines) is 1. The van der Waals surface area contributed by atoms with Crippen LogP contribution in [0.5, 0.6) is 0 Å². The number of carbonyl (C=O) groups excluding carboxylic acids is 1. The van der Waals surface area contributed by atoms with Crippen LogP contribution in [-0.2, 0) is 4.79 Å². The molecule has 0 N–H and O–H groups in total. The van der Waals surface area contributed by atoms with Crippen LogP contribution in [0.25, 0.3) is 11.0 Å². The van der Waals surface area contributed by atoms with E-state index in [9.17, 15) is 4.79 Å². The summed E-state index contributed by atoms with van der Waals surface area (Å²) in [5, 5.41) is 0.662. The number of carbonyl (C=O) groups is 1. The Hall–Kier alpha value is -1.88. The Morgan fingerprint density at radius 2 is 1.95 bits per heavy atom. The van der Waals surface area contributed by atoms with Crippen molar-refractivity contribution in [3.63, 3.8) is 0 Å². The number of anilines is 1. The molecule has 1 aromatic carbocycles. The molecule has 2 fully saturated rings. The number of benzene rings is 1. The van der Waals surface area contributed by atoms with Crippen LogP contribution < -0.4 is 4.90 Å². The van der Waals surface area contributed by atoms with E-state index in [0.717, 1.165) is 55.9 Å². The number of nitrogens with zero attached hydrogens (tertiary/aromatic N) is 4. The molecule has 2 aliphatic heterocycles. The summed E-state index contributed by atoms with van der Waals surface area (Å²) in [6.45, 7) is 3.32. The fraction of sp³-hybridized carbons (Fsp3) is 0.438. The maximum Gasteiger partial charge on any atom is 0.229 e. The van der Waals surface area contributed by atoms with Gasteiger partial charge >= 0.3 is 0 Å². The molecular formula is C16H17ClN4O. The van der Waals surface area contributed by atoms with Gasteiger partial charge in [0, 0.05) is 31.2 Å². The van der Waals surface area contributed by atoms with Crippen molar-refractivity contribution in [1.29, 1.82) is 0 Å². The van der Waals surface area contributed by atoms with E-state index in [4.69, 9.17) is 11.6 Å². The van der Waals surface area contributed by atoms with Gasteiger partial charge < -0.3 is 9.80 Å². The predicted molar refractivity (Wildman–Crippen MR) is 86.1 cm³/mol. The van der Waals surface area contributed by atoms with E-state index in [1.807, 2.05) is 23.1 Å². The van der Waals surface area contributed by atoms with Gasteiger partial charge in [0.1, 0.15) is 5.82 Å². The molecule has 0 unspecified atom stereocenters. The van der Waals surface area contributed by atoms with Gasteiger partial charge in [-0.1, -0.05) is 11.6 Å². The molecule has 0 atom stereocenters. The summed E-state index contributed by atoms with van der Waals surface area (Å²) in [7, 11) is 0. The van der Waals surface area contributed by atoms with E-state index >= 15 is 0 Å². The lowest BCUT2D eigenvalue weighted by atomic mass is 9.98. The zero-order valence-corrected chi connectivity index (χ0v) is 13.0. The minimum atomic E-state index is 0.112. The molecule has 5 nitrogen and oxygen atoms in total. The molecule has 2 saturated heterocycles. The normalized spacial score (nSPS) is 18.8. The maximum absolute atomic E-state index is 12.3. The number of amides is 1. The molecule has 0 aliphatic carbocycles. The molecule has 2 aliphatic rings. The van der Waals surface area contributed by atoms with E-state index < -0.39 is 0 Å². The Bertz CT molecular complexity index is 723. The molecule has 1 aromatic heterocycles. The van der Waals surface area contributed by atoms with Crippen molar-refractivity contribution in [2.45, 2.75) is 12.8 Å². The minimum Gasteiger partial charge on any atom is -0.354 e. The third kappa shape index (κ3) is 2.39. The molecule has 3 heterocycles. The summed E-state index contributed by atoms with van der Waals surface area (Å²) in [4.78, 5) is 25.4. The van der Waals surface area contributed by atoms with E-state index in [-0.39, 0.29) is 5.92 Å². The smallest absolute Gasteiger partial charge is 0.229 e. The van der Waals surface area contributed by atoms with Crippen molar-refractivity contribution < 1.29 is 4.79 Å². The fourth-order valence-electron chi connectivity index (χ4n) is 3.14. The van der Waals surface area contributed by atoms with Crippen LogP contribution in [-0.4, -0.2) is 47.0 Å². The van der Waals surface area contributed by atoms with Gasteiger partial charge in [-0.15, -0.1) is 0 Å². The van der Waals surface area contributed by atoms with Crippen molar-refractivity contribution in [2.75, 3.05) is 31.1 Å². The van der Waals surface area contributed by atoms with Gasteiger partial charge in [-0.05, 0) is 31.0 Å². The molecule has 0 bridgehead atoms. The lowest BCUT2D eigenvalue weighted by Crippen LogP contribution is -2.54. The van der Waals surface area contributed by atoms with Crippen LogP contribution in [0.1, 0.15) is 12.8 Å². The van der Waals surface area contributed by atoms with Crippen LogP contribution in [0.2, 0.25) is 5.02 Å². The first-order valence-corrected chi connectivity index (χ1v) is 8.04. The second kappa shape index (κ2) is 5.39. The van der Waals surface area contributed by atoms with Gasteiger partial charge in [-0.3, -0.25) is 9.78 Å². The van der Waals surface area contributed by atoms with Crippen molar-refractivity contribution in [2.24, 2.45) is 5.92 Å². The van der Waals surface area contributed by atoms with Crippen LogP contribution in [0, 0.1) is 5.92 Å². The third-order valence-electron chi connectivity index (χ3n) is 4.46. The lowest BCUT2D eigenvalue weighted by molar-refractivity contribution is -0.135. The molecule has 1 amide bonds. The molecule has 6 heteroatoms. The minimum absolute atomic E-state index is 0.112. The number of hydrogen-bond acceptors (Lipinski definition) is 4. The second-order valence-electron chi connectivity index (χ2n) is 6.00. The molecule has 0 radical (unpaired) electrons. The van der Waals surface area contributed by atoms with E-state index in [1.54, 1.807) is 6.20 Å². The predicted octanol–water partition coefficient (Wildman–Crippen LogP) is 2.34. The highest BCUT2D eigenvalue weighted by Gasteiger charge is 2.36. The van der Waals surface area contributed by atoms with Gasteiger partial charge in [0.2, 0.25) is 5.91 Å². The average Bonchev–Trinajstić information content (AvgIpc) is 3.00. The van der Waals surface area contributed by atoms with Crippen molar-refractivity contribution >= 4 is 34.4 Å². The number of fused-ring (bicyclic) bond motifs is 1. The summed E-state index contributed by atoms with van der Waals surface area (Å²) < 4.78 is 0. The van der Waals surface area contributed by atoms with Crippen molar-refractivity contribution in [1.82, 2.24) is 14.9 Å². The quantitative estimate of drug-likeness (QED) is 0.853. The SMILES string of the molecule is O=C(C1CN(c2cnc3cc(Cl)ccc3n2)C1)N1CCCC1. The van der Waals surface area contributed by atoms with Gasteiger partial charge in [0.15, 0.2) is 0 Å². The van der Waals surface area contributed by atoms with Gasteiger partial charge in [0.05, 0.1) is 23.1 Å². The number of aromatic nitrogens is 2. The maximum atomic E-state index is 12.3. The Morgan fingerprint density at radius 1 is 1.18 bits per heavy atom. The van der Waals surface area contributed by atoms with Crippen LogP contribution in [0.4, 0.5) is 5.82 Å². The average molecular weight is 317 g/mol. The van der Waals surface area contributed by atoms with Gasteiger partial charge in [-0.2, -0.15) is 0 Å². The molecule has 4 rings (SSSR count). The monoisotopic (exact) mass is 316 g/mol. The number of hydrogen-bond donors (Lipinski definition) is 0. The zero-order chi connectivity index (χ0) is 15.1. The second-order valence-corrected chi connectivity index (χ2v) is 6.43. The van der Waals surface area contributed by atoms with Gasteiger partial charge in [-0.25, -0.2) is 4.98 Å². The Morgan fingerprint density at radius 3 is 2.73 bits per heavy atom. The number of rotatable bonds is 2. The summed E-state index contributed by atoms with van der Waals surface area (Å²) in [6.07, 6.45) is 4.04. The lowest BCUT2D eigenvalue weighted by Gasteiger charge is -2.40. The largest absolute Gasteiger partial charge is 0.354 e. The summed E-state index contributed by atoms with van der Waals surface area (Å²) in [6, 6.07) is 5.50. The van der Waals surface area contributed by atoms with Crippen LogP contribution in [0.15, 0.2) is 24.4 Å². The van der Waals surface area contributed by atoms with E-state index in [1.165, 1.54) is 0 Å². The van der Waals surface area contributed by atoms with Crippen molar-refractivity contribution in [3.8, 4) is 0 Å². The Kier molecular flexibility index (Phi) is 3.37. The molecule has 22 heavy (non-hydrogen) atoms. The first-order chi connectivity index (χ1) is 10.7. The zero-order valence-electron chi connectivity index (χ0n) is 12.2. The topological polar surface area (TPSA) is 49.3 Å². The fourth-order valence-corrected chi connectivity index (χ4v) is 3.31. The highest BCUT2D eigenvalue weighted by atomic mass is 35.5. The summed E-state index contributed by atoms with van der Waals surface area (Å²) in [5.74, 6) is 1.25. The molecule has 2 aromatic rings. The van der Waals surface area contributed by atoms with E-state index in [0.29, 0.717) is 10.9 Å². The first kappa shape index (κ1) is 13.8. The molecule has 114 valence electrons. The highest BCUT2D eigenvalue weighted by Crippen LogP contribution is 2.26. The first-order valence-electron chi connectivity index (χ1n) is 7.67. The summed E-state index contributed by atoms with van der Waals surface area (Å²) in [5.41, 5.74) is 1.62. The molecule has 0 spiro atoms. The third-order valence-corrected chi connectivity index (χ3v) is 4.70. The number of halogens is 1. The van der Waals surface area contributed by atoms with E-state index in [2.05, 4.69) is 14.9 Å².